The lowest BCUT2D eigenvalue weighted by Crippen LogP contribution is -1.93. The molecular formula is C17H16N2. The van der Waals surface area contributed by atoms with Gasteiger partial charge < -0.3 is 0 Å². The van der Waals surface area contributed by atoms with Gasteiger partial charge in [0.2, 0.25) is 0 Å². The molecule has 0 spiro atoms. The minimum absolute atomic E-state index is 1.09. The summed E-state index contributed by atoms with van der Waals surface area (Å²) in [6.45, 7) is 4.19. The zero-order valence-electron chi connectivity index (χ0n) is 11.2. The monoisotopic (exact) mass is 248 g/mol. The lowest BCUT2D eigenvalue weighted by Gasteiger charge is -2.01. The minimum atomic E-state index is 1.09. The first-order valence-corrected chi connectivity index (χ1v) is 6.41. The van der Waals surface area contributed by atoms with E-state index in [0.29, 0.717) is 0 Å². The molecule has 2 heteroatoms. The number of rotatable bonds is 2. The first kappa shape index (κ1) is 11.7. The Hall–Kier alpha value is -2.35. The SMILES string of the molecule is Cc1ccc(-n2cc(-c3cccc(C)c3)cn2)cc1. The lowest BCUT2D eigenvalue weighted by atomic mass is 10.1. The van der Waals surface area contributed by atoms with Crippen molar-refractivity contribution in [3.05, 3.63) is 72.1 Å². The van der Waals surface area contributed by atoms with Gasteiger partial charge in [0.25, 0.3) is 0 Å². The first-order chi connectivity index (χ1) is 9.22. The topological polar surface area (TPSA) is 17.8 Å². The van der Waals surface area contributed by atoms with Crippen LogP contribution >= 0.6 is 0 Å². The standard InChI is InChI=1S/C17H16N2/c1-13-6-8-17(9-7-13)19-12-16(11-18-19)15-5-3-4-14(2)10-15/h3-12H,1-2H3. The smallest absolute Gasteiger partial charge is 0.0645 e. The van der Waals surface area contributed by atoms with Gasteiger partial charge in [-0.2, -0.15) is 5.10 Å². The molecule has 0 unspecified atom stereocenters. The highest BCUT2D eigenvalue weighted by Crippen LogP contribution is 2.21. The van der Waals surface area contributed by atoms with Crippen LogP contribution < -0.4 is 0 Å². The van der Waals surface area contributed by atoms with E-state index in [1.165, 1.54) is 16.7 Å². The van der Waals surface area contributed by atoms with Crippen molar-refractivity contribution in [3.63, 3.8) is 0 Å². The summed E-state index contributed by atoms with van der Waals surface area (Å²) >= 11 is 0. The van der Waals surface area contributed by atoms with E-state index >= 15 is 0 Å². The number of hydrogen-bond acceptors (Lipinski definition) is 1. The molecule has 0 N–H and O–H groups in total. The fourth-order valence-corrected chi connectivity index (χ4v) is 2.14. The Morgan fingerprint density at radius 1 is 0.842 bits per heavy atom. The summed E-state index contributed by atoms with van der Waals surface area (Å²) in [5, 5.41) is 4.44. The van der Waals surface area contributed by atoms with Crippen molar-refractivity contribution in [1.82, 2.24) is 9.78 Å². The van der Waals surface area contributed by atoms with E-state index in [4.69, 9.17) is 0 Å². The van der Waals surface area contributed by atoms with E-state index < -0.39 is 0 Å². The highest BCUT2D eigenvalue weighted by Gasteiger charge is 2.03. The van der Waals surface area contributed by atoms with Crippen LogP contribution in [0.4, 0.5) is 0 Å². The molecule has 0 amide bonds. The summed E-state index contributed by atoms with van der Waals surface area (Å²) in [5.41, 5.74) is 5.96. The molecule has 0 aliphatic rings. The molecule has 2 aromatic carbocycles. The van der Waals surface area contributed by atoms with Gasteiger partial charge in [-0.25, -0.2) is 4.68 Å². The van der Waals surface area contributed by atoms with Gasteiger partial charge in [-0.05, 0) is 31.5 Å². The third-order valence-electron chi connectivity index (χ3n) is 3.23. The Balaban J connectivity index is 1.97. The molecule has 2 nitrogen and oxygen atoms in total. The third kappa shape index (κ3) is 2.43. The van der Waals surface area contributed by atoms with Crippen LogP contribution in [-0.4, -0.2) is 9.78 Å². The molecule has 0 saturated carbocycles. The Morgan fingerprint density at radius 2 is 1.63 bits per heavy atom. The number of hydrogen-bond donors (Lipinski definition) is 0. The molecule has 19 heavy (non-hydrogen) atoms. The van der Waals surface area contributed by atoms with Gasteiger partial charge in [0.05, 0.1) is 11.9 Å². The molecule has 1 aromatic heterocycles. The molecule has 1 heterocycles. The second kappa shape index (κ2) is 4.73. The van der Waals surface area contributed by atoms with Crippen molar-refractivity contribution in [3.8, 4) is 16.8 Å². The molecule has 0 radical (unpaired) electrons. The predicted octanol–water partition coefficient (Wildman–Crippen LogP) is 4.16. The molecular weight excluding hydrogens is 232 g/mol. The molecule has 94 valence electrons. The maximum absolute atomic E-state index is 4.44. The van der Waals surface area contributed by atoms with Crippen LogP contribution in [0.5, 0.6) is 0 Å². The molecule has 0 aliphatic heterocycles. The van der Waals surface area contributed by atoms with Gasteiger partial charge in [0.15, 0.2) is 0 Å². The normalized spacial score (nSPS) is 10.6. The van der Waals surface area contributed by atoms with Crippen LogP contribution in [0.3, 0.4) is 0 Å². The maximum Gasteiger partial charge on any atom is 0.0645 e. The molecule has 0 atom stereocenters. The van der Waals surface area contributed by atoms with Gasteiger partial charge >= 0.3 is 0 Å². The Labute approximate surface area is 113 Å². The summed E-state index contributed by atoms with van der Waals surface area (Å²) in [7, 11) is 0. The number of benzene rings is 2. The number of aromatic nitrogens is 2. The predicted molar refractivity (Wildman–Crippen MR) is 78.5 cm³/mol. The number of nitrogens with zero attached hydrogens (tertiary/aromatic N) is 2. The summed E-state index contributed by atoms with van der Waals surface area (Å²) in [4.78, 5) is 0. The van der Waals surface area contributed by atoms with Crippen molar-refractivity contribution in [1.29, 1.82) is 0 Å². The zero-order chi connectivity index (χ0) is 13.2. The molecule has 3 rings (SSSR count). The average molecular weight is 248 g/mol. The van der Waals surface area contributed by atoms with Crippen molar-refractivity contribution in [2.75, 3.05) is 0 Å². The molecule has 0 bridgehead atoms. The van der Waals surface area contributed by atoms with Gasteiger partial charge in [-0.3, -0.25) is 0 Å². The van der Waals surface area contributed by atoms with Gasteiger partial charge in [0, 0.05) is 11.8 Å². The summed E-state index contributed by atoms with van der Waals surface area (Å²) in [6.07, 6.45) is 3.98. The summed E-state index contributed by atoms with van der Waals surface area (Å²) in [6, 6.07) is 16.8. The summed E-state index contributed by atoms with van der Waals surface area (Å²) < 4.78 is 1.91. The lowest BCUT2D eigenvalue weighted by molar-refractivity contribution is 0.880. The Kier molecular flexibility index (Phi) is 2.92. The van der Waals surface area contributed by atoms with E-state index in [9.17, 15) is 0 Å². The second-order valence-electron chi connectivity index (χ2n) is 4.88. The van der Waals surface area contributed by atoms with E-state index in [1.54, 1.807) is 0 Å². The van der Waals surface area contributed by atoms with Crippen molar-refractivity contribution in [2.24, 2.45) is 0 Å². The molecule has 0 saturated heterocycles. The largest absolute Gasteiger partial charge is 0.240 e. The van der Waals surface area contributed by atoms with Crippen LogP contribution in [0.1, 0.15) is 11.1 Å². The second-order valence-corrected chi connectivity index (χ2v) is 4.88. The van der Waals surface area contributed by atoms with Crippen LogP contribution in [0.2, 0.25) is 0 Å². The van der Waals surface area contributed by atoms with Crippen molar-refractivity contribution < 1.29 is 0 Å². The van der Waals surface area contributed by atoms with Crippen LogP contribution in [0, 0.1) is 13.8 Å². The molecule has 3 aromatic rings. The van der Waals surface area contributed by atoms with Crippen LogP contribution in [0.15, 0.2) is 60.9 Å². The average Bonchev–Trinajstić information content (AvgIpc) is 2.89. The fraction of sp³-hybridized carbons (Fsp3) is 0.118. The van der Waals surface area contributed by atoms with Crippen molar-refractivity contribution >= 4 is 0 Å². The molecule has 0 aliphatic carbocycles. The Morgan fingerprint density at radius 3 is 2.37 bits per heavy atom. The highest BCUT2D eigenvalue weighted by molar-refractivity contribution is 5.63. The van der Waals surface area contributed by atoms with Gasteiger partial charge in [-0.15, -0.1) is 0 Å². The minimum Gasteiger partial charge on any atom is -0.240 e. The van der Waals surface area contributed by atoms with E-state index in [2.05, 4.69) is 73.7 Å². The maximum atomic E-state index is 4.44. The fourth-order valence-electron chi connectivity index (χ4n) is 2.14. The molecule has 0 fully saturated rings. The number of aryl methyl sites for hydroxylation is 2. The van der Waals surface area contributed by atoms with Crippen molar-refractivity contribution in [2.45, 2.75) is 13.8 Å². The van der Waals surface area contributed by atoms with E-state index in [0.717, 1.165) is 11.3 Å². The van der Waals surface area contributed by atoms with E-state index in [1.807, 2.05) is 10.9 Å². The highest BCUT2D eigenvalue weighted by atomic mass is 15.3. The van der Waals surface area contributed by atoms with Crippen LogP contribution in [-0.2, 0) is 0 Å². The van der Waals surface area contributed by atoms with Gasteiger partial charge in [0.1, 0.15) is 0 Å². The first-order valence-electron chi connectivity index (χ1n) is 6.41. The zero-order valence-corrected chi connectivity index (χ0v) is 11.2. The van der Waals surface area contributed by atoms with Gasteiger partial charge in [-0.1, -0.05) is 47.5 Å². The quantitative estimate of drug-likeness (QED) is 0.666. The van der Waals surface area contributed by atoms with E-state index in [-0.39, 0.29) is 0 Å². The van der Waals surface area contributed by atoms with Crippen LogP contribution in [0.25, 0.3) is 16.8 Å². The third-order valence-corrected chi connectivity index (χ3v) is 3.23. The Bertz CT molecular complexity index is 693. The summed E-state index contributed by atoms with van der Waals surface area (Å²) in [5.74, 6) is 0.